The van der Waals surface area contributed by atoms with E-state index in [1.165, 1.54) is 18.8 Å². The average Bonchev–Trinajstić information content (AvgIpc) is 2.03. The first-order valence-electron chi connectivity index (χ1n) is 4.03. The number of esters is 1. The van der Waals surface area contributed by atoms with Crippen LogP contribution in [0.5, 0.6) is 0 Å². The first-order valence-corrected chi connectivity index (χ1v) is 4.03. The van der Waals surface area contributed by atoms with Gasteiger partial charge in [0, 0.05) is 6.08 Å². The number of hydrogen-bond acceptors (Lipinski definition) is 2. The molecule has 0 aliphatic carbocycles. The Kier molecular flexibility index (Phi) is 5.09. The molecule has 0 aliphatic heterocycles. The fourth-order valence-electron chi connectivity index (χ4n) is 0.777. The molecule has 0 aromatic rings. The second kappa shape index (κ2) is 5.58. The molecule has 0 unspecified atom stereocenters. The van der Waals surface area contributed by atoms with E-state index in [9.17, 15) is 4.79 Å². The van der Waals surface area contributed by atoms with Crippen LogP contribution in [0.3, 0.4) is 0 Å². The van der Waals surface area contributed by atoms with Gasteiger partial charge in [0.25, 0.3) is 0 Å². The Morgan fingerprint density at radius 2 is 1.92 bits per heavy atom. The molecule has 0 rings (SSSR count). The number of hydrogen-bond donors (Lipinski definition) is 0. The van der Waals surface area contributed by atoms with Gasteiger partial charge in [-0.2, -0.15) is 0 Å². The standard InChI is InChI=1S/C10H16O2/c1-5-8(2)6-9(3)7-10(11)12-4/h6-7H,5H2,1-4H3/b8-6+,9-7+. The van der Waals surface area contributed by atoms with Crippen molar-refractivity contribution in [1.82, 2.24) is 0 Å². The molecule has 0 amide bonds. The smallest absolute Gasteiger partial charge is 0.330 e. The van der Waals surface area contributed by atoms with Gasteiger partial charge >= 0.3 is 5.97 Å². The van der Waals surface area contributed by atoms with Crippen molar-refractivity contribution in [3.63, 3.8) is 0 Å². The lowest BCUT2D eigenvalue weighted by Gasteiger charge is -1.96. The van der Waals surface area contributed by atoms with Crippen LogP contribution < -0.4 is 0 Å². The van der Waals surface area contributed by atoms with Crippen LogP contribution in [0.25, 0.3) is 0 Å². The van der Waals surface area contributed by atoms with Crippen molar-refractivity contribution < 1.29 is 9.53 Å². The maximum Gasteiger partial charge on any atom is 0.330 e. The first kappa shape index (κ1) is 11.0. The Bertz CT molecular complexity index is 212. The minimum absolute atomic E-state index is 0.298. The monoisotopic (exact) mass is 168 g/mol. The zero-order valence-corrected chi connectivity index (χ0v) is 8.18. The molecule has 0 saturated carbocycles. The van der Waals surface area contributed by atoms with Crippen molar-refractivity contribution in [2.75, 3.05) is 7.11 Å². The van der Waals surface area contributed by atoms with E-state index in [1.807, 2.05) is 19.9 Å². The molecule has 2 heteroatoms. The summed E-state index contributed by atoms with van der Waals surface area (Å²) in [5.74, 6) is -0.298. The van der Waals surface area contributed by atoms with E-state index in [-0.39, 0.29) is 5.97 Å². The number of allylic oxidation sites excluding steroid dienone is 3. The van der Waals surface area contributed by atoms with E-state index < -0.39 is 0 Å². The predicted octanol–water partition coefficient (Wildman–Crippen LogP) is 2.46. The molecular weight excluding hydrogens is 152 g/mol. The number of rotatable bonds is 3. The largest absolute Gasteiger partial charge is 0.466 e. The molecular formula is C10H16O2. The molecule has 0 fully saturated rings. The average molecular weight is 168 g/mol. The fraction of sp³-hybridized carbons (Fsp3) is 0.500. The minimum Gasteiger partial charge on any atom is -0.466 e. The second-order valence-electron chi connectivity index (χ2n) is 2.76. The van der Waals surface area contributed by atoms with Crippen molar-refractivity contribution in [3.8, 4) is 0 Å². The summed E-state index contributed by atoms with van der Waals surface area (Å²) in [5, 5.41) is 0. The maximum atomic E-state index is 10.8. The second-order valence-corrected chi connectivity index (χ2v) is 2.76. The third-order valence-corrected chi connectivity index (χ3v) is 1.58. The van der Waals surface area contributed by atoms with Crippen molar-refractivity contribution >= 4 is 5.97 Å². The van der Waals surface area contributed by atoms with Crippen LogP contribution in [0, 0.1) is 0 Å². The van der Waals surface area contributed by atoms with E-state index in [0.29, 0.717) is 0 Å². The van der Waals surface area contributed by atoms with Crippen LogP contribution >= 0.6 is 0 Å². The quantitative estimate of drug-likeness (QED) is 0.367. The lowest BCUT2D eigenvalue weighted by molar-refractivity contribution is -0.134. The molecule has 12 heavy (non-hydrogen) atoms. The van der Waals surface area contributed by atoms with Crippen LogP contribution in [0.2, 0.25) is 0 Å². The summed E-state index contributed by atoms with van der Waals surface area (Å²) in [7, 11) is 1.38. The van der Waals surface area contributed by atoms with Crippen LogP contribution in [0.1, 0.15) is 27.2 Å². The van der Waals surface area contributed by atoms with Gasteiger partial charge in [0.1, 0.15) is 0 Å². The van der Waals surface area contributed by atoms with Crippen LogP contribution in [0.4, 0.5) is 0 Å². The molecule has 0 aromatic carbocycles. The normalized spacial score (nSPS) is 13.0. The Morgan fingerprint density at radius 3 is 2.33 bits per heavy atom. The summed E-state index contributed by atoms with van der Waals surface area (Å²) in [6.45, 7) is 6.00. The van der Waals surface area contributed by atoms with Gasteiger partial charge < -0.3 is 4.74 Å². The summed E-state index contributed by atoms with van der Waals surface area (Å²) in [4.78, 5) is 10.8. The summed E-state index contributed by atoms with van der Waals surface area (Å²) in [6, 6.07) is 0. The number of methoxy groups -OCH3 is 1. The van der Waals surface area contributed by atoms with Crippen LogP contribution in [0.15, 0.2) is 23.3 Å². The highest BCUT2D eigenvalue weighted by Crippen LogP contribution is 2.04. The molecule has 0 atom stereocenters. The molecule has 0 aromatic heterocycles. The van der Waals surface area contributed by atoms with Crippen molar-refractivity contribution in [1.29, 1.82) is 0 Å². The Morgan fingerprint density at radius 1 is 1.33 bits per heavy atom. The van der Waals surface area contributed by atoms with Gasteiger partial charge in [-0.3, -0.25) is 0 Å². The molecule has 0 aliphatic rings. The minimum atomic E-state index is -0.298. The fourth-order valence-corrected chi connectivity index (χ4v) is 0.777. The predicted molar refractivity (Wildman–Crippen MR) is 49.8 cm³/mol. The maximum absolute atomic E-state index is 10.8. The van der Waals surface area contributed by atoms with Crippen LogP contribution in [-0.4, -0.2) is 13.1 Å². The SMILES string of the molecule is CC/C(C)=C/C(C)=C/C(=O)OC. The van der Waals surface area contributed by atoms with Gasteiger partial charge in [0.15, 0.2) is 0 Å². The van der Waals surface area contributed by atoms with E-state index >= 15 is 0 Å². The molecule has 0 saturated heterocycles. The number of carbonyl (C=O) groups excluding carboxylic acids is 1. The molecule has 0 bridgehead atoms. The van der Waals surface area contributed by atoms with Gasteiger partial charge in [-0.15, -0.1) is 0 Å². The Labute approximate surface area is 73.9 Å². The van der Waals surface area contributed by atoms with Gasteiger partial charge in [-0.25, -0.2) is 4.79 Å². The van der Waals surface area contributed by atoms with E-state index in [2.05, 4.69) is 11.7 Å². The molecule has 0 radical (unpaired) electrons. The van der Waals surface area contributed by atoms with Crippen molar-refractivity contribution in [2.24, 2.45) is 0 Å². The summed E-state index contributed by atoms with van der Waals surface area (Å²) in [5.41, 5.74) is 2.19. The molecule has 0 heterocycles. The van der Waals surface area contributed by atoms with Gasteiger partial charge in [-0.1, -0.05) is 18.6 Å². The highest BCUT2D eigenvalue weighted by atomic mass is 16.5. The number of ether oxygens (including phenoxy) is 1. The lowest BCUT2D eigenvalue weighted by atomic mass is 10.1. The van der Waals surface area contributed by atoms with Gasteiger partial charge in [0.05, 0.1) is 7.11 Å². The summed E-state index contributed by atoms with van der Waals surface area (Å²) in [6.07, 6.45) is 4.47. The van der Waals surface area contributed by atoms with Gasteiger partial charge in [-0.05, 0) is 25.8 Å². The third-order valence-electron chi connectivity index (χ3n) is 1.58. The van der Waals surface area contributed by atoms with E-state index in [4.69, 9.17) is 0 Å². The van der Waals surface area contributed by atoms with Crippen LogP contribution in [-0.2, 0) is 9.53 Å². The summed E-state index contributed by atoms with van der Waals surface area (Å²) >= 11 is 0. The summed E-state index contributed by atoms with van der Waals surface area (Å²) < 4.78 is 4.49. The van der Waals surface area contributed by atoms with Crippen molar-refractivity contribution in [3.05, 3.63) is 23.3 Å². The lowest BCUT2D eigenvalue weighted by Crippen LogP contribution is -1.95. The molecule has 0 N–H and O–H groups in total. The topological polar surface area (TPSA) is 26.3 Å². The van der Waals surface area contributed by atoms with Gasteiger partial charge in [0.2, 0.25) is 0 Å². The molecule has 68 valence electrons. The highest BCUT2D eigenvalue weighted by molar-refractivity contribution is 5.83. The molecule has 2 nitrogen and oxygen atoms in total. The van der Waals surface area contributed by atoms with Crippen molar-refractivity contribution in [2.45, 2.75) is 27.2 Å². The third kappa shape index (κ3) is 4.72. The highest BCUT2D eigenvalue weighted by Gasteiger charge is 1.93. The number of carbonyl (C=O) groups is 1. The zero-order valence-electron chi connectivity index (χ0n) is 8.18. The van der Waals surface area contributed by atoms with E-state index in [1.54, 1.807) is 0 Å². The zero-order chi connectivity index (χ0) is 9.56. The first-order chi connectivity index (χ1) is 5.60. The van der Waals surface area contributed by atoms with E-state index in [0.717, 1.165) is 12.0 Å². The Balaban J connectivity index is 4.29. The molecule has 0 spiro atoms. The Hall–Kier alpha value is -1.05.